The first-order valence-electron chi connectivity index (χ1n) is 5.48. The number of halogens is 3. The van der Waals surface area contributed by atoms with Gasteiger partial charge in [0.15, 0.2) is 0 Å². The molecule has 0 aliphatic heterocycles. The summed E-state index contributed by atoms with van der Waals surface area (Å²) in [6.45, 7) is 0. The summed E-state index contributed by atoms with van der Waals surface area (Å²) in [6.07, 6.45) is -0.927. The molecule has 1 heterocycles. The number of nitrogens with zero attached hydrogens (tertiary/aromatic N) is 2. The molecule has 0 aromatic carbocycles. The zero-order valence-corrected chi connectivity index (χ0v) is 10.3. The minimum absolute atomic E-state index is 0.0732. The van der Waals surface area contributed by atoms with Gasteiger partial charge in [-0.3, -0.25) is 0 Å². The first-order chi connectivity index (χ1) is 8.45. The summed E-state index contributed by atoms with van der Waals surface area (Å²) in [5.74, 6) is 0.749. The van der Waals surface area contributed by atoms with Crippen molar-refractivity contribution in [2.75, 3.05) is 5.75 Å². The van der Waals surface area contributed by atoms with Crippen LogP contribution < -0.4 is 0 Å². The van der Waals surface area contributed by atoms with Crippen LogP contribution in [0.4, 0.5) is 13.2 Å². The van der Waals surface area contributed by atoms with Crippen molar-refractivity contribution in [3.8, 4) is 6.07 Å². The van der Waals surface area contributed by atoms with Crippen LogP contribution in [-0.4, -0.2) is 10.7 Å². The molecule has 0 atom stereocenters. The van der Waals surface area contributed by atoms with E-state index in [2.05, 4.69) is 11.1 Å². The van der Waals surface area contributed by atoms with E-state index < -0.39 is 11.7 Å². The summed E-state index contributed by atoms with van der Waals surface area (Å²) in [6, 6.07) is 4.58. The van der Waals surface area contributed by atoms with Crippen molar-refractivity contribution in [1.82, 2.24) is 4.98 Å². The predicted octanol–water partition coefficient (Wildman–Crippen LogP) is 3.89. The van der Waals surface area contributed by atoms with E-state index in [0.29, 0.717) is 11.4 Å². The highest BCUT2D eigenvalue weighted by Gasteiger charge is 2.42. The van der Waals surface area contributed by atoms with E-state index in [1.807, 2.05) is 0 Å². The molecule has 0 radical (unpaired) electrons. The molecule has 2 nitrogen and oxygen atoms in total. The maximum absolute atomic E-state index is 12.3. The average Bonchev–Trinajstić information content (AvgIpc) is 3.07. The van der Waals surface area contributed by atoms with Gasteiger partial charge in [-0.25, -0.2) is 4.98 Å². The minimum atomic E-state index is -4.34. The van der Waals surface area contributed by atoms with Gasteiger partial charge in [-0.15, -0.1) is 11.8 Å². The highest BCUT2D eigenvalue weighted by molar-refractivity contribution is 7.99. The number of pyridine rings is 1. The van der Waals surface area contributed by atoms with E-state index >= 15 is 0 Å². The molecular formula is C12H11F3N2S. The molecule has 0 N–H and O–H groups in total. The Morgan fingerprint density at radius 3 is 2.56 bits per heavy atom. The Labute approximate surface area is 107 Å². The van der Waals surface area contributed by atoms with Gasteiger partial charge in [-0.2, -0.15) is 18.4 Å². The summed E-state index contributed by atoms with van der Waals surface area (Å²) in [4.78, 5) is 3.80. The van der Waals surface area contributed by atoms with Gasteiger partial charge in [-0.1, -0.05) is 0 Å². The zero-order valence-electron chi connectivity index (χ0n) is 9.50. The molecule has 1 aromatic rings. The third-order valence-electron chi connectivity index (χ3n) is 3.00. The lowest BCUT2D eigenvalue weighted by Gasteiger charge is -2.10. The van der Waals surface area contributed by atoms with Crippen molar-refractivity contribution >= 4 is 11.8 Å². The van der Waals surface area contributed by atoms with Gasteiger partial charge in [0.25, 0.3) is 0 Å². The fraction of sp³-hybridized carbons (Fsp3) is 0.500. The quantitative estimate of drug-likeness (QED) is 0.780. The van der Waals surface area contributed by atoms with Crippen molar-refractivity contribution in [3.05, 3.63) is 23.9 Å². The van der Waals surface area contributed by atoms with E-state index in [0.717, 1.165) is 30.9 Å². The highest BCUT2D eigenvalue weighted by atomic mass is 32.2. The Hall–Kier alpha value is -1.22. The summed E-state index contributed by atoms with van der Waals surface area (Å²) in [5.41, 5.74) is -0.658. The molecule has 1 fully saturated rings. The van der Waals surface area contributed by atoms with Gasteiger partial charge in [0.05, 0.1) is 16.7 Å². The predicted molar refractivity (Wildman–Crippen MR) is 61.9 cm³/mol. The van der Waals surface area contributed by atoms with Crippen LogP contribution in [0.15, 0.2) is 23.4 Å². The first-order valence-corrected chi connectivity index (χ1v) is 6.47. The second kappa shape index (κ2) is 4.81. The van der Waals surface area contributed by atoms with Gasteiger partial charge in [0.1, 0.15) is 0 Å². The number of thioether (sulfide) groups is 1. The fourth-order valence-electron chi connectivity index (χ4n) is 1.58. The smallest absolute Gasteiger partial charge is 0.249 e. The van der Waals surface area contributed by atoms with Gasteiger partial charge in [-0.05, 0) is 30.4 Å². The van der Waals surface area contributed by atoms with Crippen LogP contribution in [0.1, 0.15) is 24.8 Å². The van der Waals surface area contributed by atoms with Crippen molar-refractivity contribution in [2.45, 2.75) is 30.5 Å². The van der Waals surface area contributed by atoms with Crippen molar-refractivity contribution in [1.29, 1.82) is 5.26 Å². The number of hydrogen-bond acceptors (Lipinski definition) is 3. The molecule has 0 saturated heterocycles. The molecule has 0 unspecified atom stereocenters. The zero-order chi connectivity index (χ0) is 13.2. The standard InChI is InChI=1S/C12H11F3N2S/c13-12(14,15)9-1-2-10(17-7-9)18-8-11(3-4-11)5-6-16/h1-2,7H,3-5,8H2. The molecule has 0 bridgehead atoms. The van der Waals surface area contributed by atoms with Gasteiger partial charge >= 0.3 is 6.18 Å². The number of alkyl halides is 3. The molecule has 18 heavy (non-hydrogen) atoms. The van der Waals surface area contributed by atoms with Crippen molar-refractivity contribution in [2.24, 2.45) is 5.41 Å². The van der Waals surface area contributed by atoms with E-state index in [1.54, 1.807) is 0 Å². The van der Waals surface area contributed by atoms with Gasteiger partial charge in [0, 0.05) is 18.4 Å². The maximum atomic E-state index is 12.3. The first kappa shape index (κ1) is 13.2. The van der Waals surface area contributed by atoms with Crippen LogP contribution in [-0.2, 0) is 6.18 Å². The van der Waals surface area contributed by atoms with Crippen molar-refractivity contribution < 1.29 is 13.2 Å². The third kappa shape index (κ3) is 3.16. The van der Waals surface area contributed by atoms with Crippen LogP contribution in [0.3, 0.4) is 0 Å². The van der Waals surface area contributed by atoms with Crippen LogP contribution >= 0.6 is 11.8 Å². The summed E-state index contributed by atoms with van der Waals surface area (Å²) >= 11 is 1.42. The molecule has 0 spiro atoms. The van der Waals surface area contributed by atoms with E-state index in [1.165, 1.54) is 17.8 Å². The molecule has 1 saturated carbocycles. The molecule has 0 amide bonds. The Balaban J connectivity index is 1.93. The summed E-state index contributed by atoms with van der Waals surface area (Å²) in [5, 5.41) is 9.24. The Kier molecular flexibility index (Phi) is 3.53. The lowest BCUT2D eigenvalue weighted by atomic mass is 10.1. The monoisotopic (exact) mass is 272 g/mol. The molecule has 6 heteroatoms. The average molecular weight is 272 g/mol. The van der Waals surface area contributed by atoms with Gasteiger partial charge < -0.3 is 0 Å². The summed E-state index contributed by atoms with van der Waals surface area (Å²) in [7, 11) is 0. The number of nitriles is 1. The van der Waals surface area contributed by atoms with Crippen LogP contribution in [0.2, 0.25) is 0 Å². The second-order valence-corrected chi connectivity index (χ2v) is 5.50. The largest absolute Gasteiger partial charge is 0.417 e. The normalized spacial score (nSPS) is 17.2. The summed E-state index contributed by atoms with van der Waals surface area (Å²) < 4.78 is 37.0. The second-order valence-electron chi connectivity index (χ2n) is 4.51. The maximum Gasteiger partial charge on any atom is 0.417 e. The van der Waals surface area contributed by atoms with Crippen LogP contribution in [0.25, 0.3) is 0 Å². The van der Waals surface area contributed by atoms with E-state index in [4.69, 9.17) is 5.26 Å². The van der Waals surface area contributed by atoms with Crippen LogP contribution in [0.5, 0.6) is 0 Å². The molecule has 1 aromatic heterocycles. The Morgan fingerprint density at radius 1 is 1.39 bits per heavy atom. The lowest BCUT2D eigenvalue weighted by Crippen LogP contribution is -2.06. The highest BCUT2D eigenvalue weighted by Crippen LogP contribution is 2.51. The van der Waals surface area contributed by atoms with E-state index in [9.17, 15) is 13.2 Å². The molecule has 1 aliphatic rings. The molecule has 2 rings (SSSR count). The third-order valence-corrected chi connectivity index (χ3v) is 4.30. The Bertz CT molecular complexity index is 458. The number of hydrogen-bond donors (Lipinski definition) is 0. The minimum Gasteiger partial charge on any atom is -0.249 e. The molecule has 1 aliphatic carbocycles. The fourth-order valence-corrected chi connectivity index (χ4v) is 2.71. The number of aromatic nitrogens is 1. The van der Waals surface area contributed by atoms with E-state index in [-0.39, 0.29) is 5.41 Å². The van der Waals surface area contributed by atoms with Crippen LogP contribution in [0, 0.1) is 16.7 Å². The lowest BCUT2D eigenvalue weighted by molar-refractivity contribution is -0.137. The number of rotatable bonds is 4. The molecular weight excluding hydrogens is 261 g/mol. The molecule has 96 valence electrons. The van der Waals surface area contributed by atoms with Gasteiger partial charge in [0.2, 0.25) is 0 Å². The van der Waals surface area contributed by atoms with Crippen molar-refractivity contribution in [3.63, 3.8) is 0 Å². The topological polar surface area (TPSA) is 36.7 Å². The SMILES string of the molecule is N#CCC1(CSc2ccc(C(F)(F)F)cn2)CC1. The Morgan fingerprint density at radius 2 is 2.11 bits per heavy atom.